The first-order valence-electron chi connectivity index (χ1n) is 2.69. The van der Waals surface area contributed by atoms with Gasteiger partial charge in [0.25, 0.3) is 0 Å². The lowest BCUT2D eigenvalue weighted by Gasteiger charge is -1.86. The molecule has 0 aromatic carbocycles. The van der Waals surface area contributed by atoms with Crippen LogP contribution in [0.4, 0.5) is 0 Å². The van der Waals surface area contributed by atoms with Crippen LogP contribution in [0.1, 0.15) is 20.3 Å². The van der Waals surface area contributed by atoms with Gasteiger partial charge in [-0.2, -0.15) is 0 Å². The normalized spacial score (nSPS) is 9.62. The van der Waals surface area contributed by atoms with Crippen molar-refractivity contribution in [3.8, 4) is 0 Å². The highest BCUT2D eigenvalue weighted by molar-refractivity contribution is 7.56. The lowest BCUT2D eigenvalue weighted by Crippen LogP contribution is -1.62. The molecule has 0 heterocycles. The molecule has 0 radical (unpaired) electrons. The fraction of sp³-hybridized carbons (Fsp3) is 1.00. The van der Waals surface area contributed by atoms with Gasteiger partial charge in [0, 0.05) is 13.3 Å². The van der Waals surface area contributed by atoms with E-state index >= 15 is 0 Å². The smallest absolute Gasteiger partial charge is 0.194 e. The van der Waals surface area contributed by atoms with Crippen LogP contribution < -0.4 is 0 Å². The highest BCUT2D eigenvalue weighted by Crippen LogP contribution is 2.27. The van der Waals surface area contributed by atoms with Gasteiger partial charge in [-0.3, -0.25) is 4.57 Å². The maximum absolute atomic E-state index is 9.77. The van der Waals surface area contributed by atoms with E-state index in [0.717, 1.165) is 0 Å². The lowest BCUT2D eigenvalue weighted by molar-refractivity contribution is 0.492. The van der Waals surface area contributed by atoms with E-state index in [1.54, 1.807) is 0 Å². The van der Waals surface area contributed by atoms with E-state index in [2.05, 4.69) is 13.8 Å². The van der Waals surface area contributed by atoms with Crippen molar-refractivity contribution in [3.05, 3.63) is 0 Å². The second kappa shape index (κ2) is 5.33. The monoisotopic (exact) mass is 138 g/mol. The van der Waals surface area contributed by atoms with Crippen molar-refractivity contribution >= 4 is 7.37 Å². The number of hydrogen-bond acceptors (Lipinski definition) is 1. The van der Waals surface area contributed by atoms with Gasteiger partial charge in [-0.1, -0.05) is 20.3 Å². The predicted octanol–water partition coefficient (Wildman–Crippen LogP) is 1.93. The van der Waals surface area contributed by atoms with Crippen LogP contribution in [0.3, 0.4) is 0 Å². The van der Waals surface area contributed by atoms with Crippen molar-refractivity contribution in [3.63, 3.8) is 0 Å². The van der Waals surface area contributed by atoms with Crippen molar-refractivity contribution in [1.82, 2.24) is 0 Å². The van der Waals surface area contributed by atoms with E-state index in [1.807, 2.05) is 0 Å². The van der Waals surface area contributed by atoms with Gasteiger partial charge in [0.1, 0.15) is 0 Å². The van der Waals surface area contributed by atoms with E-state index in [0.29, 0.717) is 0 Å². The first-order chi connectivity index (χ1) is 3.41. The summed E-state index contributed by atoms with van der Waals surface area (Å²) in [5.41, 5.74) is 0. The van der Waals surface area contributed by atoms with Crippen molar-refractivity contribution < 1.29 is 9.46 Å². The molecule has 2 nitrogen and oxygen atoms in total. The molecule has 0 saturated heterocycles. The Balaban J connectivity index is 0. The molecule has 0 aromatic heterocycles. The van der Waals surface area contributed by atoms with Crippen molar-refractivity contribution in [2.45, 2.75) is 20.3 Å². The fourth-order valence-corrected chi connectivity index (χ4v) is 0. The third-order valence-electron chi connectivity index (χ3n) is 0. The van der Waals surface area contributed by atoms with Gasteiger partial charge in [0.2, 0.25) is 0 Å². The third-order valence-corrected chi connectivity index (χ3v) is 0. The minimum atomic E-state index is -2.64. The summed E-state index contributed by atoms with van der Waals surface area (Å²) in [5.74, 6) is 0. The Bertz CT molecular complexity index is 66.2. The first-order valence-corrected chi connectivity index (χ1v) is 5.25. The molecule has 3 heteroatoms. The van der Waals surface area contributed by atoms with Crippen LogP contribution in [0.25, 0.3) is 0 Å². The highest BCUT2D eigenvalue weighted by atomic mass is 31.2. The van der Waals surface area contributed by atoms with Gasteiger partial charge in [0.15, 0.2) is 7.37 Å². The van der Waals surface area contributed by atoms with Gasteiger partial charge >= 0.3 is 0 Å². The molecule has 0 unspecified atom stereocenters. The molecule has 0 aromatic rings. The molecule has 1 N–H and O–H groups in total. The minimum absolute atomic E-state index is 1.25. The van der Waals surface area contributed by atoms with Crippen molar-refractivity contribution in [1.29, 1.82) is 0 Å². The standard InChI is InChI=1S/C3H8.C2H7O2P/c1-3-2;1-5(2,3)4/h3H2,1-2H3;1-2H3,(H,3,4). The second-order valence-corrected chi connectivity index (χ2v) is 4.59. The summed E-state index contributed by atoms with van der Waals surface area (Å²) in [5, 5.41) is 0. The Morgan fingerprint density at radius 1 is 1.38 bits per heavy atom. The highest BCUT2D eigenvalue weighted by Gasteiger charge is 1.92. The molecule has 0 bridgehead atoms. The zero-order chi connectivity index (χ0) is 7.21. The summed E-state index contributed by atoms with van der Waals surface area (Å²) in [6.07, 6.45) is 1.25. The molecule has 52 valence electrons. The average molecular weight is 138 g/mol. The zero-order valence-corrected chi connectivity index (χ0v) is 6.90. The Morgan fingerprint density at radius 3 is 1.38 bits per heavy atom. The minimum Gasteiger partial charge on any atom is -0.345 e. The van der Waals surface area contributed by atoms with Crippen LogP contribution in [0.5, 0.6) is 0 Å². The molecule has 0 aliphatic carbocycles. The van der Waals surface area contributed by atoms with Gasteiger partial charge in [-0.05, 0) is 0 Å². The molecule has 0 saturated carbocycles. The molecule has 0 atom stereocenters. The number of hydrogen-bond donors (Lipinski definition) is 1. The molecule has 0 fully saturated rings. The zero-order valence-electron chi connectivity index (χ0n) is 6.01. The maximum atomic E-state index is 9.77. The topological polar surface area (TPSA) is 37.3 Å². The maximum Gasteiger partial charge on any atom is 0.194 e. The van der Waals surface area contributed by atoms with Gasteiger partial charge in [-0.15, -0.1) is 0 Å². The van der Waals surface area contributed by atoms with Crippen LogP contribution in [0, 0.1) is 0 Å². The summed E-state index contributed by atoms with van der Waals surface area (Å²) in [6.45, 7) is 6.85. The third kappa shape index (κ3) is 4620. The molecule has 0 rings (SSSR count). The Labute approximate surface area is 51.4 Å². The van der Waals surface area contributed by atoms with E-state index in [-0.39, 0.29) is 0 Å². The molecule has 8 heavy (non-hydrogen) atoms. The largest absolute Gasteiger partial charge is 0.345 e. The summed E-state index contributed by atoms with van der Waals surface area (Å²) >= 11 is 0. The van der Waals surface area contributed by atoms with Gasteiger partial charge < -0.3 is 4.89 Å². The van der Waals surface area contributed by atoms with Crippen molar-refractivity contribution in [2.75, 3.05) is 13.3 Å². The molecule has 0 spiro atoms. The Morgan fingerprint density at radius 2 is 1.38 bits per heavy atom. The van der Waals surface area contributed by atoms with Gasteiger partial charge in [0.05, 0.1) is 0 Å². The number of rotatable bonds is 0. The van der Waals surface area contributed by atoms with E-state index in [9.17, 15) is 4.57 Å². The lowest BCUT2D eigenvalue weighted by atomic mass is 10.6. The summed E-state index contributed by atoms with van der Waals surface area (Å²) in [7, 11) is -2.64. The average Bonchev–Trinajstić information content (AvgIpc) is 1.27. The second-order valence-electron chi connectivity index (χ2n) is 2.00. The molecular weight excluding hydrogens is 123 g/mol. The summed E-state index contributed by atoms with van der Waals surface area (Å²) < 4.78 is 9.77. The van der Waals surface area contributed by atoms with E-state index in [1.165, 1.54) is 19.8 Å². The SMILES string of the molecule is CCC.CP(C)(=O)O. The summed E-state index contributed by atoms with van der Waals surface area (Å²) in [4.78, 5) is 8.08. The van der Waals surface area contributed by atoms with Crippen LogP contribution in [0.15, 0.2) is 0 Å². The first kappa shape index (κ1) is 11.0. The predicted molar refractivity (Wildman–Crippen MR) is 37.6 cm³/mol. The fourth-order valence-electron chi connectivity index (χ4n) is 0. The van der Waals surface area contributed by atoms with Crippen LogP contribution in [0.2, 0.25) is 0 Å². The van der Waals surface area contributed by atoms with Crippen LogP contribution in [-0.4, -0.2) is 18.2 Å². The van der Waals surface area contributed by atoms with Crippen LogP contribution >= 0.6 is 7.37 Å². The Hall–Kier alpha value is 0.190. The summed E-state index contributed by atoms with van der Waals surface area (Å²) in [6, 6.07) is 0. The molecule has 0 amide bonds. The van der Waals surface area contributed by atoms with Crippen LogP contribution in [-0.2, 0) is 4.57 Å². The molecule has 0 aliphatic rings. The van der Waals surface area contributed by atoms with E-state index < -0.39 is 7.37 Å². The van der Waals surface area contributed by atoms with Gasteiger partial charge in [-0.25, -0.2) is 0 Å². The molecular formula is C5H15O2P. The Kier molecular flexibility index (Phi) is 7.36. The molecule has 0 aliphatic heterocycles. The van der Waals surface area contributed by atoms with Crippen molar-refractivity contribution in [2.24, 2.45) is 0 Å². The quantitative estimate of drug-likeness (QED) is 0.519. The van der Waals surface area contributed by atoms with E-state index in [4.69, 9.17) is 4.89 Å².